The van der Waals surface area contributed by atoms with Crippen molar-refractivity contribution < 1.29 is 9.63 Å². The molecule has 1 aromatic heterocycles. The van der Waals surface area contributed by atoms with E-state index >= 15 is 0 Å². The fraction of sp³-hybridized carbons (Fsp3) is 0.800. The minimum Gasteiger partial charge on any atom is -0.382 e. The number of anilines is 1. The lowest BCUT2D eigenvalue weighted by atomic mass is 10.2. The van der Waals surface area contributed by atoms with Crippen LogP contribution in [0, 0.1) is 0 Å². The molecular formula is C10H18N4O2. The summed E-state index contributed by atoms with van der Waals surface area (Å²) >= 11 is 0. The topological polar surface area (TPSA) is 88.4 Å². The SMILES string of the molecule is NCC(O)c1nc(N2CCCCCC2)no1. The van der Waals surface area contributed by atoms with Crippen LogP contribution in [0.4, 0.5) is 5.95 Å². The van der Waals surface area contributed by atoms with E-state index in [0.717, 1.165) is 25.9 Å². The lowest BCUT2D eigenvalue weighted by Crippen LogP contribution is -2.25. The van der Waals surface area contributed by atoms with Crippen molar-refractivity contribution >= 4 is 5.95 Å². The van der Waals surface area contributed by atoms with Gasteiger partial charge in [-0.05, 0) is 18.0 Å². The Morgan fingerprint density at radius 1 is 1.31 bits per heavy atom. The first-order valence-electron chi connectivity index (χ1n) is 5.78. The molecule has 2 rings (SSSR count). The van der Waals surface area contributed by atoms with Crippen LogP contribution in [0.15, 0.2) is 4.52 Å². The van der Waals surface area contributed by atoms with Gasteiger partial charge in [0.2, 0.25) is 0 Å². The molecular weight excluding hydrogens is 208 g/mol. The summed E-state index contributed by atoms with van der Waals surface area (Å²) in [5.41, 5.74) is 5.33. The predicted octanol–water partition coefficient (Wildman–Crippen LogP) is 0.442. The Bertz CT molecular complexity index is 320. The monoisotopic (exact) mass is 226 g/mol. The number of hydrogen-bond donors (Lipinski definition) is 2. The lowest BCUT2D eigenvalue weighted by Gasteiger charge is -2.16. The van der Waals surface area contributed by atoms with Gasteiger partial charge in [-0.2, -0.15) is 4.98 Å². The highest BCUT2D eigenvalue weighted by molar-refractivity contribution is 5.27. The van der Waals surface area contributed by atoms with Gasteiger partial charge >= 0.3 is 0 Å². The van der Waals surface area contributed by atoms with Crippen LogP contribution in [0.1, 0.15) is 37.7 Å². The van der Waals surface area contributed by atoms with Crippen molar-refractivity contribution in [1.29, 1.82) is 0 Å². The summed E-state index contributed by atoms with van der Waals surface area (Å²) in [5.74, 6) is 0.783. The van der Waals surface area contributed by atoms with Crippen LogP contribution in [0.5, 0.6) is 0 Å². The average molecular weight is 226 g/mol. The summed E-state index contributed by atoms with van der Waals surface area (Å²) in [6, 6.07) is 0. The third kappa shape index (κ3) is 2.51. The van der Waals surface area contributed by atoms with Crippen molar-refractivity contribution in [3.63, 3.8) is 0 Å². The Hall–Kier alpha value is -1.14. The molecule has 1 saturated heterocycles. The molecule has 16 heavy (non-hydrogen) atoms. The second kappa shape index (κ2) is 5.27. The van der Waals surface area contributed by atoms with Crippen LogP contribution < -0.4 is 10.6 Å². The molecule has 0 spiro atoms. The maximum Gasteiger partial charge on any atom is 0.266 e. The molecule has 1 unspecified atom stereocenters. The average Bonchev–Trinajstić information content (AvgIpc) is 2.64. The van der Waals surface area contributed by atoms with Gasteiger partial charge in [-0.3, -0.25) is 0 Å². The smallest absolute Gasteiger partial charge is 0.266 e. The van der Waals surface area contributed by atoms with Crippen LogP contribution in [0.25, 0.3) is 0 Å². The number of aliphatic hydroxyl groups is 1. The lowest BCUT2D eigenvalue weighted by molar-refractivity contribution is 0.141. The van der Waals surface area contributed by atoms with Gasteiger partial charge in [-0.15, -0.1) is 0 Å². The number of nitrogens with zero attached hydrogens (tertiary/aromatic N) is 3. The third-order valence-corrected chi connectivity index (χ3v) is 2.83. The van der Waals surface area contributed by atoms with E-state index < -0.39 is 6.10 Å². The van der Waals surface area contributed by atoms with E-state index in [1.165, 1.54) is 12.8 Å². The van der Waals surface area contributed by atoms with Gasteiger partial charge in [0.15, 0.2) is 0 Å². The largest absolute Gasteiger partial charge is 0.382 e. The van der Waals surface area contributed by atoms with Gasteiger partial charge in [0.25, 0.3) is 11.8 Å². The highest BCUT2D eigenvalue weighted by Gasteiger charge is 2.19. The fourth-order valence-corrected chi connectivity index (χ4v) is 1.86. The molecule has 90 valence electrons. The van der Waals surface area contributed by atoms with Gasteiger partial charge < -0.3 is 20.3 Å². The van der Waals surface area contributed by atoms with E-state index in [9.17, 15) is 5.11 Å². The van der Waals surface area contributed by atoms with Gasteiger partial charge in [0.1, 0.15) is 6.10 Å². The number of aliphatic hydroxyl groups excluding tert-OH is 1. The van der Waals surface area contributed by atoms with E-state index in [4.69, 9.17) is 10.3 Å². The number of nitrogens with two attached hydrogens (primary N) is 1. The molecule has 0 aliphatic carbocycles. The van der Waals surface area contributed by atoms with Crippen LogP contribution in [-0.2, 0) is 0 Å². The first-order valence-corrected chi connectivity index (χ1v) is 5.78. The molecule has 0 saturated carbocycles. The number of aromatic nitrogens is 2. The summed E-state index contributed by atoms with van der Waals surface area (Å²) in [5, 5.41) is 13.3. The highest BCUT2D eigenvalue weighted by atomic mass is 16.5. The first kappa shape index (κ1) is 11.3. The minimum atomic E-state index is -0.853. The van der Waals surface area contributed by atoms with E-state index in [0.29, 0.717) is 5.95 Å². The second-order valence-corrected chi connectivity index (χ2v) is 4.09. The fourth-order valence-electron chi connectivity index (χ4n) is 1.86. The van der Waals surface area contributed by atoms with Gasteiger partial charge in [-0.1, -0.05) is 12.8 Å². The first-order chi connectivity index (χ1) is 7.81. The summed E-state index contributed by atoms with van der Waals surface area (Å²) in [4.78, 5) is 6.26. The quantitative estimate of drug-likeness (QED) is 0.777. The van der Waals surface area contributed by atoms with E-state index in [2.05, 4.69) is 15.0 Å². The molecule has 1 aliphatic rings. The van der Waals surface area contributed by atoms with Crippen LogP contribution in [0.3, 0.4) is 0 Å². The van der Waals surface area contributed by atoms with Gasteiger partial charge in [-0.25, -0.2) is 0 Å². The molecule has 6 nitrogen and oxygen atoms in total. The summed E-state index contributed by atoms with van der Waals surface area (Å²) in [7, 11) is 0. The molecule has 0 bridgehead atoms. The Balaban J connectivity index is 2.05. The van der Waals surface area contributed by atoms with Crippen LogP contribution in [0.2, 0.25) is 0 Å². The Labute approximate surface area is 94.4 Å². The molecule has 1 fully saturated rings. The molecule has 3 N–H and O–H groups in total. The van der Waals surface area contributed by atoms with E-state index in [1.807, 2.05) is 0 Å². The zero-order valence-corrected chi connectivity index (χ0v) is 9.30. The zero-order valence-electron chi connectivity index (χ0n) is 9.30. The Morgan fingerprint density at radius 2 is 2.00 bits per heavy atom. The van der Waals surface area contributed by atoms with Crippen molar-refractivity contribution in [1.82, 2.24) is 10.1 Å². The molecule has 1 aliphatic heterocycles. The summed E-state index contributed by atoms with van der Waals surface area (Å²) in [6.07, 6.45) is 3.97. The molecule has 0 aromatic carbocycles. The van der Waals surface area contributed by atoms with Gasteiger partial charge in [0.05, 0.1) is 0 Å². The van der Waals surface area contributed by atoms with Crippen LogP contribution in [-0.4, -0.2) is 34.9 Å². The molecule has 0 amide bonds. The van der Waals surface area contributed by atoms with Crippen LogP contribution >= 0.6 is 0 Å². The van der Waals surface area contributed by atoms with Gasteiger partial charge in [0, 0.05) is 19.6 Å². The van der Waals surface area contributed by atoms with Crippen molar-refractivity contribution in [2.45, 2.75) is 31.8 Å². The Kier molecular flexibility index (Phi) is 3.74. The molecule has 0 radical (unpaired) electrons. The van der Waals surface area contributed by atoms with Crippen molar-refractivity contribution in [2.75, 3.05) is 24.5 Å². The molecule has 1 aromatic rings. The van der Waals surface area contributed by atoms with Crippen molar-refractivity contribution in [3.8, 4) is 0 Å². The molecule has 2 heterocycles. The maximum atomic E-state index is 9.46. The highest BCUT2D eigenvalue weighted by Crippen LogP contribution is 2.18. The normalized spacial score (nSPS) is 19.5. The van der Waals surface area contributed by atoms with E-state index in [1.54, 1.807) is 0 Å². The number of hydrogen-bond acceptors (Lipinski definition) is 6. The Morgan fingerprint density at radius 3 is 2.62 bits per heavy atom. The molecule has 1 atom stereocenters. The number of rotatable bonds is 3. The summed E-state index contributed by atoms with van der Waals surface area (Å²) in [6.45, 7) is 2.01. The second-order valence-electron chi connectivity index (χ2n) is 4.09. The molecule has 6 heteroatoms. The standard InChI is InChI=1S/C10H18N4O2/c11-7-8(15)9-12-10(13-16-9)14-5-3-1-2-4-6-14/h8,15H,1-7,11H2. The third-order valence-electron chi connectivity index (χ3n) is 2.83. The zero-order chi connectivity index (χ0) is 11.4. The van der Waals surface area contributed by atoms with Crippen molar-refractivity contribution in [2.24, 2.45) is 5.73 Å². The summed E-state index contributed by atoms with van der Waals surface area (Å²) < 4.78 is 4.98. The predicted molar refractivity (Wildman–Crippen MR) is 59.0 cm³/mol. The maximum absolute atomic E-state index is 9.46. The minimum absolute atomic E-state index is 0.0988. The van der Waals surface area contributed by atoms with Crippen molar-refractivity contribution in [3.05, 3.63) is 5.89 Å². The van der Waals surface area contributed by atoms with E-state index in [-0.39, 0.29) is 12.4 Å².